The predicted octanol–water partition coefficient (Wildman–Crippen LogP) is 2.18. The van der Waals surface area contributed by atoms with E-state index in [1.807, 2.05) is 17.9 Å². The Balaban J connectivity index is 2.95. The van der Waals surface area contributed by atoms with Gasteiger partial charge in [0.2, 0.25) is 5.91 Å². The first-order chi connectivity index (χ1) is 8.49. The minimum absolute atomic E-state index is 0.0446. The van der Waals surface area contributed by atoms with Gasteiger partial charge in [0.05, 0.1) is 12.2 Å². The van der Waals surface area contributed by atoms with Crippen molar-refractivity contribution in [1.29, 1.82) is 0 Å². The molecule has 18 heavy (non-hydrogen) atoms. The van der Waals surface area contributed by atoms with Gasteiger partial charge in [-0.1, -0.05) is 0 Å². The molecular formula is C13H17BrN2O2. The number of carbonyl (C=O) groups excluding carboxylic acids is 2. The first-order valence-corrected chi connectivity index (χ1v) is 6.48. The summed E-state index contributed by atoms with van der Waals surface area (Å²) in [5, 5.41) is 0. The second kappa shape index (κ2) is 6.54. The van der Waals surface area contributed by atoms with Crippen molar-refractivity contribution < 1.29 is 9.59 Å². The van der Waals surface area contributed by atoms with Gasteiger partial charge in [0, 0.05) is 30.7 Å². The van der Waals surface area contributed by atoms with Crippen LogP contribution in [-0.4, -0.2) is 44.3 Å². The minimum atomic E-state index is 0.0446. The van der Waals surface area contributed by atoms with Crippen molar-refractivity contribution in [2.75, 3.05) is 32.1 Å². The molecule has 1 amide bonds. The number of amides is 1. The second-order valence-corrected chi connectivity index (χ2v) is 4.99. The van der Waals surface area contributed by atoms with Gasteiger partial charge in [-0.2, -0.15) is 0 Å². The molecule has 0 heterocycles. The van der Waals surface area contributed by atoms with Crippen LogP contribution in [0.15, 0.2) is 22.7 Å². The summed E-state index contributed by atoms with van der Waals surface area (Å²) >= 11 is 3.43. The summed E-state index contributed by atoms with van der Waals surface area (Å²) in [5.74, 6) is 0.0446. The molecule has 0 aromatic heterocycles. The monoisotopic (exact) mass is 312 g/mol. The zero-order valence-corrected chi connectivity index (χ0v) is 12.4. The Hall–Kier alpha value is -1.36. The van der Waals surface area contributed by atoms with E-state index in [1.165, 1.54) is 0 Å². The SMILES string of the molecule is CCN(CC(=O)N(C)C)c1ccc(C=O)cc1Br. The molecule has 1 rings (SSSR count). The topological polar surface area (TPSA) is 40.6 Å². The number of likely N-dealkylation sites (N-methyl/N-ethyl adjacent to an activating group) is 2. The third-order valence-corrected chi connectivity index (χ3v) is 3.29. The van der Waals surface area contributed by atoms with Crippen LogP contribution in [-0.2, 0) is 4.79 Å². The number of hydrogen-bond acceptors (Lipinski definition) is 3. The molecule has 0 radical (unpaired) electrons. The lowest BCUT2D eigenvalue weighted by Crippen LogP contribution is -2.36. The van der Waals surface area contributed by atoms with Gasteiger partial charge in [0.1, 0.15) is 6.29 Å². The normalized spacial score (nSPS) is 10.0. The van der Waals surface area contributed by atoms with Crippen LogP contribution in [0, 0.1) is 0 Å². The molecule has 0 unspecified atom stereocenters. The number of rotatable bonds is 5. The Kier molecular flexibility index (Phi) is 5.34. The van der Waals surface area contributed by atoms with E-state index in [4.69, 9.17) is 0 Å². The molecule has 0 aliphatic heterocycles. The highest BCUT2D eigenvalue weighted by Gasteiger charge is 2.14. The average molecular weight is 313 g/mol. The van der Waals surface area contributed by atoms with Crippen molar-refractivity contribution in [1.82, 2.24) is 4.90 Å². The van der Waals surface area contributed by atoms with Crippen molar-refractivity contribution in [2.24, 2.45) is 0 Å². The van der Waals surface area contributed by atoms with Gasteiger partial charge in [0.15, 0.2) is 0 Å². The molecule has 0 fully saturated rings. The fourth-order valence-corrected chi connectivity index (χ4v) is 2.17. The minimum Gasteiger partial charge on any atom is -0.362 e. The lowest BCUT2D eigenvalue weighted by atomic mass is 10.2. The molecular weight excluding hydrogens is 296 g/mol. The van der Waals surface area contributed by atoms with Crippen LogP contribution in [0.4, 0.5) is 5.69 Å². The van der Waals surface area contributed by atoms with Gasteiger partial charge in [-0.3, -0.25) is 9.59 Å². The third kappa shape index (κ3) is 3.57. The number of nitrogens with zero attached hydrogens (tertiary/aromatic N) is 2. The highest BCUT2D eigenvalue weighted by molar-refractivity contribution is 9.10. The van der Waals surface area contributed by atoms with E-state index in [2.05, 4.69) is 15.9 Å². The van der Waals surface area contributed by atoms with Gasteiger partial charge < -0.3 is 9.80 Å². The number of benzene rings is 1. The molecule has 4 nitrogen and oxygen atoms in total. The molecule has 0 bridgehead atoms. The molecule has 0 spiro atoms. The second-order valence-electron chi connectivity index (χ2n) is 4.13. The van der Waals surface area contributed by atoms with Gasteiger partial charge in [-0.15, -0.1) is 0 Å². The number of carbonyl (C=O) groups is 2. The summed E-state index contributed by atoms with van der Waals surface area (Å²) in [5.41, 5.74) is 1.53. The van der Waals surface area contributed by atoms with E-state index in [1.54, 1.807) is 31.1 Å². The maximum absolute atomic E-state index is 11.7. The van der Waals surface area contributed by atoms with E-state index < -0.39 is 0 Å². The molecule has 1 aromatic carbocycles. The third-order valence-electron chi connectivity index (χ3n) is 2.66. The van der Waals surface area contributed by atoms with Crippen LogP contribution in [0.2, 0.25) is 0 Å². The van der Waals surface area contributed by atoms with Crippen molar-refractivity contribution in [3.05, 3.63) is 28.2 Å². The molecule has 0 aliphatic rings. The summed E-state index contributed by atoms with van der Waals surface area (Å²) < 4.78 is 0.820. The maximum Gasteiger partial charge on any atom is 0.241 e. The molecule has 5 heteroatoms. The molecule has 1 aromatic rings. The van der Waals surface area contributed by atoms with Gasteiger partial charge in [-0.05, 0) is 41.1 Å². The number of aldehydes is 1. The van der Waals surface area contributed by atoms with E-state index in [-0.39, 0.29) is 5.91 Å². The summed E-state index contributed by atoms with van der Waals surface area (Å²) in [4.78, 5) is 25.9. The number of hydrogen-bond donors (Lipinski definition) is 0. The van der Waals surface area contributed by atoms with Gasteiger partial charge in [-0.25, -0.2) is 0 Å². The fourth-order valence-electron chi connectivity index (χ4n) is 1.52. The summed E-state index contributed by atoms with van der Waals surface area (Å²) in [6.07, 6.45) is 0.801. The molecule has 0 atom stereocenters. The Labute approximate surface area is 116 Å². The van der Waals surface area contributed by atoms with Crippen LogP contribution >= 0.6 is 15.9 Å². The number of anilines is 1. The van der Waals surface area contributed by atoms with Crippen molar-refractivity contribution in [3.8, 4) is 0 Å². The number of halogens is 1. The average Bonchev–Trinajstić information content (AvgIpc) is 2.35. The zero-order valence-electron chi connectivity index (χ0n) is 10.8. The molecule has 0 N–H and O–H groups in total. The van der Waals surface area contributed by atoms with Gasteiger partial charge in [0.25, 0.3) is 0 Å². The van der Waals surface area contributed by atoms with Crippen molar-refractivity contribution >= 4 is 33.8 Å². The van der Waals surface area contributed by atoms with Crippen LogP contribution in [0.5, 0.6) is 0 Å². The van der Waals surface area contributed by atoms with E-state index in [9.17, 15) is 9.59 Å². The highest BCUT2D eigenvalue weighted by Crippen LogP contribution is 2.26. The van der Waals surface area contributed by atoms with Crippen LogP contribution in [0.1, 0.15) is 17.3 Å². The maximum atomic E-state index is 11.7. The Morgan fingerprint density at radius 1 is 1.39 bits per heavy atom. The quantitative estimate of drug-likeness (QED) is 0.782. The van der Waals surface area contributed by atoms with Crippen LogP contribution in [0.3, 0.4) is 0 Å². The Morgan fingerprint density at radius 3 is 2.50 bits per heavy atom. The van der Waals surface area contributed by atoms with E-state index >= 15 is 0 Å². The fraction of sp³-hybridized carbons (Fsp3) is 0.385. The largest absolute Gasteiger partial charge is 0.362 e. The molecule has 0 aliphatic carbocycles. The van der Waals surface area contributed by atoms with E-state index in [0.29, 0.717) is 12.1 Å². The van der Waals surface area contributed by atoms with Gasteiger partial charge >= 0.3 is 0 Å². The zero-order chi connectivity index (χ0) is 13.7. The molecule has 98 valence electrons. The molecule has 0 saturated carbocycles. The summed E-state index contributed by atoms with van der Waals surface area (Å²) in [6, 6.07) is 5.35. The van der Waals surface area contributed by atoms with Crippen molar-refractivity contribution in [2.45, 2.75) is 6.92 Å². The summed E-state index contributed by atoms with van der Waals surface area (Å²) in [7, 11) is 3.47. The predicted molar refractivity (Wildman–Crippen MR) is 76.1 cm³/mol. The lowest BCUT2D eigenvalue weighted by molar-refractivity contribution is -0.127. The molecule has 0 saturated heterocycles. The first-order valence-electron chi connectivity index (χ1n) is 5.69. The summed E-state index contributed by atoms with van der Waals surface area (Å²) in [6.45, 7) is 3.03. The smallest absolute Gasteiger partial charge is 0.241 e. The van der Waals surface area contributed by atoms with Crippen LogP contribution < -0.4 is 4.90 Å². The first kappa shape index (κ1) is 14.7. The van der Waals surface area contributed by atoms with Crippen LogP contribution in [0.25, 0.3) is 0 Å². The lowest BCUT2D eigenvalue weighted by Gasteiger charge is -2.25. The van der Waals surface area contributed by atoms with E-state index in [0.717, 1.165) is 23.0 Å². The Bertz CT molecular complexity index is 447. The Morgan fingerprint density at radius 2 is 2.06 bits per heavy atom. The van der Waals surface area contributed by atoms with Crippen molar-refractivity contribution in [3.63, 3.8) is 0 Å². The standard InChI is InChI=1S/C13H17BrN2O2/c1-4-16(8-13(18)15(2)3)12-6-5-10(9-17)7-11(12)14/h5-7,9H,4,8H2,1-3H3. The highest BCUT2D eigenvalue weighted by atomic mass is 79.9.